The Hall–Kier alpha value is -1.73. The van der Waals surface area contributed by atoms with E-state index < -0.39 is 17.9 Å². The molecule has 1 unspecified atom stereocenters. The third-order valence-electron chi connectivity index (χ3n) is 3.42. The van der Waals surface area contributed by atoms with Crippen LogP contribution in [0.5, 0.6) is 0 Å². The molecule has 1 fully saturated rings. The van der Waals surface area contributed by atoms with Crippen LogP contribution >= 0.6 is 24.0 Å². The van der Waals surface area contributed by atoms with Crippen LogP contribution in [-0.2, 0) is 9.59 Å². The zero-order chi connectivity index (χ0) is 17.0. The number of carbonyl (C=O) groups is 2. The Morgan fingerprint density at radius 1 is 1.43 bits per heavy atom. The molecule has 23 heavy (non-hydrogen) atoms. The van der Waals surface area contributed by atoms with Gasteiger partial charge in [-0.05, 0) is 30.2 Å². The predicted octanol–water partition coefficient (Wildman–Crippen LogP) is 3.67. The third kappa shape index (κ3) is 4.17. The SMILES string of the molecule is CCCCC(C(=O)O)N1C(=O)C(=Cc2ccc(F)cc2)SC1=S. The number of thiocarbonyl (C=S) groups is 1. The number of carbonyl (C=O) groups excluding carboxylic acids is 1. The predicted molar refractivity (Wildman–Crippen MR) is 92.4 cm³/mol. The first-order chi connectivity index (χ1) is 10.9. The Labute approximate surface area is 143 Å². The molecule has 0 bridgehead atoms. The Kier molecular flexibility index (Phi) is 5.90. The zero-order valence-corrected chi connectivity index (χ0v) is 14.1. The molecule has 1 N–H and O–H groups in total. The van der Waals surface area contributed by atoms with Crippen LogP contribution in [0.25, 0.3) is 6.08 Å². The van der Waals surface area contributed by atoms with Crippen molar-refractivity contribution < 1.29 is 19.1 Å². The number of carboxylic acid groups (broad SMARTS) is 1. The molecular formula is C16H16FNO3S2. The summed E-state index contributed by atoms with van der Waals surface area (Å²) in [6, 6.07) is 4.75. The lowest BCUT2D eigenvalue weighted by molar-refractivity contribution is -0.145. The van der Waals surface area contributed by atoms with Crippen LogP contribution < -0.4 is 0 Å². The largest absolute Gasteiger partial charge is 0.480 e. The molecule has 0 spiro atoms. The smallest absolute Gasteiger partial charge is 0.326 e. The summed E-state index contributed by atoms with van der Waals surface area (Å²) < 4.78 is 13.2. The molecule has 1 amide bonds. The molecule has 1 heterocycles. The van der Waals surface area contributed by atoms with Crippen LogP contribution in [0.15, 0.2) is 29.2 Å². The maximum Gasteiger partial charge on any atom is 0.326 e. The molecule has 1 aliphatic rings. The number of hydrogen-bond donors (Lipinski definition) is 1. The lowest BCUT2D eigenvalue weighted by Crippen LogP contribution is -2.43. The number of unbranched alkanes of at least 4 members (excludes halogenated alkanes) is 1. The number of nitrogens with zero attached hydrogens (tertiary/aromatic N) is 1. The van der Waals surface area contributed by atoms with E-state index >= 15 is 0 Å². The highest BCUT2D eigenvalue weighted by Gasteiger charge is 2.40. The van der Waals surface area contributed by atoms with Crippen LogP contribution in [0.1, 0.15) is 31.7 Å². The van der Waals surface area contributed by atoms with Crippen molar-refractivity contribution >= 4 is 46.3 Å². The standard InChI is InChI=1S/C16H16FNO3S2/c1-2-3-4-12(15(20)21)18-14(19)13(23-16(18)22)9-10-5-7-11(17)8-6-10/h5-9,12H,2-4H2,1H3,(H,20,21). The summed E-state index contributed by atoms with van der Waals surface area (Å²) in [4.78, 5) is 25.5. The average Bonchev–Trinajstić information content (AvgIpc) is 2.77. The van der Waals surface area contributed by atoms with Crippen molar-refractivity contribution in [1.82, 2.24) is 4.90 Å². The van der Waals surface area contributed by atoms with Gasteiger partial charge in [0.25, 0.3) is 5.91 Å². The van der Waals surface area contributed by atoms with Gasteiger partial charge in [0.15, 0.2) is 0 Å². The number of hydrogen-bond acceptors (Lipinski definition) is 4. The molecule has 122 valence electrons. The second-order valence-corrected chi connectivity index (χ2v) is 6.78. The van der Waals surface area contributed by atoms with E-state index in [4.69, 9.17) is 12.2 Å². The van der Waals surface area contributed by atoms with Gasteiger partial charge in [-0.15, -0.1) is 0 Å². The lowest BCUT2D eigenvalue weighted by atomic mass is 10.1. The van der Waals surface area contributed by atoms with Gasteiger partial charge >= 0.3 is 5.97 Å². The minimum absolute atomic E-state index is 0.242. The number of rotatable bonds is 6. The van der Waals surface area contributed by atoms with E-state index in [-0.39, 0.29) is 10.1 Å². The summed E-state index contributed by atoms with van der Waals surface area (Å²) in [7, 11) is 0. The van der Waals surface area contributed by atoms with Gasteiger partial charge in [-0.25, -0.2) is 9.18 Å². The molecule has 7 heteroatoms. The highest BCUT2D eigenvalue weighted by molar-refractivity contribution is 8.26. The van der Waals surface area contributed by atoms with Crippen molar-refractivity contribution in [1.29, 1.82) is 0 Å². The van der Waals surface area contributed by atoms with Gasteiger partial charge in [-0.3, -0.25) is 9.69 Å². The van der Waals surface area contributed by atoms with Gasteiger partial charge in [-0.1, -0.05) is 55.9 Å². The Morgan fingerprint density at radius 2 is 2.09 bits per heavy atom. The quantitative estimate of drug-likeness (QED) is 0.625. The van der Waals surface area contributed by atoms with Crippen LogP contribution in [-0.4, -0.2) is 32.2 Å². The number of amides is 1. The fourth-order valence-electron chi connectivity index (χ4n) is 2.22. The van der Waals surface area contributed by atoms with Crippen molar-refractivity contribution in [3.63, 3.8) is 0 Å². The van der Waals surface area contributed by atoms with Gasteiger partial charge in [0.05, 0.1) is 4.91 Å². The summed E-state index contributed by atoms with van der Waals surface area (Å²) in [5.41, 5.74) is 0.660. The minimum atomic E-state index is -1.06. The van der Waals surface area contributed by atoms with Crippen LogP contribution in [0.3, 0.4) is 0 Å². The topological polar surface area (TPSA) is 57.6 Å². The highest BCUT2D eigenvalue weighted by atomic mass is 32.2. The average molecular weight is 353 g/mol. The summed E-state index contributed by atoms with van der Waals surface area (Å²) >= 11 is 6.25. The van der Waals surface area contributed by atoms with E-state index in [0.29, 0.717) is 23.3 Å². The summed E-state index contributed by atoms with van der Waals surface area (Å²) in [5.74, 6) is -1.83. The van der Waals surface area contributed by atoms with Gasteiger partial charge in [0, 0.05) is 0 Å². The van der Waals surface area contributed by atoms with E-state index in [2.05, 4.69) is 0 Å². The highest BCUT2D eigenvalue weighted by Crippen LogP contribution is 2.35. The van der Waals surface area contributed by atoms with Crippen molar-refractivity contribution in [2.75, 3.05) is 0 Å². The molecule has 1 aromatic carbocycles. The van der Waals surface area contributed by atoms with Crippen molar-refractivity contribution in [2.45, 2.75) is 32.2 Å². The molecular weight excluding hydrogens is 337 g/mol. The summed E-state index contributed by atoms with van der Waals surface area (Å²) in [6.45, 7) is 1.96. The molecule has 0 saturated carbocycles. The summed E-state index contributed by atoms with van der Waals surface area (Å²) in [5, 5.41) is 9.38. The maximum absolute atomic E-state index is 12.9. The van der Waals surface area contributed by atoms with Crippen molar-refractivity contribution in [3.8, 4) is 0 Å². The molecule has 0 aliphatic carbocycles. The molecule has 2 rings (SSSR count). The Balaban J connectivity index is 2.24. The van der Waals surface area contributed by atoms with Crippen molar-refractivity contribution in [2.24, 2.45) is 0 Å². The van der Waals surface area contributed by atoms with Crippen LogP contribution in [0.2, 0.25) is 0 Å². The van der Waals surface area contributed by atoms with E-state index in [0.717, 1.165) is 18.2 Å². The van der Waals surface area contributed by atoms with Gasteiger partial charge < -0.3 is 5.11 Å². The molecule has 1 aliphatic heterocycles. The number of thioether (sulfide) groups is 1. The molecule has 4 nitrogen and oxygen atoms in total. The van der Waals surface area contributed by atoms with Crippen molar-refractivity contribution in [3.05, 3.63) is 40.6 Å². The van der Waals surface area contributed by atoms with E-state index in [1.54, 1.807) is 18.2 Å². The minimum Gasteiger partial charge on any atom is -0.480 e. The van der Waals surface area contributed by atoms with E-state index in [1.807, 2.05) is 6.92 Å². The first kappa shape index (κ1) is 17.6. The van der Waals surface area contributed by atoms with Crippen LogP contribution in [0, 0.1) is 5.82 Å². The molecule has 1 aromatic rings. The number of halogens is 1. The first-order valence-corrected chi connectivity index (χ1v) is 8.42. The second-order valence-electron chi connectivity index (χ2n) is 5.10. The second kappa shape index (κ2) is 7.70. The number of benzene rings is 1. The Bertz CT molecular complexity index is 658. The van der Waals surface area contributed by atoms with Gasteiger partial charge in [0.1, 0.15) is 16.2 Å². The fourth-order valence-corrected chi connectivity index (χ4v) is 3.58. The number of aliphatic carboxylic acids is 1. The summed E-state index contributed by atoms with van der Waals surface area (Å²) in [6.07, 6.45) is 3.49. The maximum atomic E-state index is 12.9. The fraction of sp³-hybridized carbons (Fsp3) is 0.312. The van der Waals surface area contributed by atoms with Crippen LogP contribution in [0.4, 0.5) is 4.39 Å². The van der Waals surface area contributed by atoms with Gasteiger partial charge in [0.2, 0.25) is 0 Å². The first-order valence-electron chi connectivity index (χ1n) is 7.19. The van der Waals surface area contributed by atoms with E-state index in [1.165, 1.54) is 17.0 Å². The normalized spacial score (nSPS) is 17.8. The monoisotopic (exact) mass is 353 g/mol. The van der Waals surface area contributed by atoms with Gasteiger partial charge in [-0.2, -0.15) is 0 Å². The zero-order valence-electron chi connectivity index (χ0n) is 12.5. The molecule has 1 saturated heterocycles. The number of carboxylic acids is 1. The third-order valence-corrected chi connectivity index (χ3v) is 4.75. The molecule has 0 aromatic heterocycles. The lowest BCUT2D eigenvalue weighted by Gasteiger charge is -2.22. The molecule has 1 atom stereocenters. The Morgan fingerprint density at radius 3 is 2.65 bits per heavy atom. The molecule has 0 radical (unpaired) electrons. The van der Waals surface area contributed by atoms with E-state index in [9.17, 15) is 19.1 Å².